The van der Waals surface area contributed by atoms with Gasteiger partial charge in [0.25, 0.3) is 5.91 Å². The zero-order valence-corrected chi connectivity index (χ0v) is 16.8. The Morgan fingerprint density at radius 2 is 2.07 bits per heavy atom. The maximum atomic E-state index is 14.4. The number of benzene rings is 1. The van der Waals surface area contributed by atoms with E-state index in [9.17, 15) is 9.18 Å². The van der Waals surface area contributed by atoms with E-state index < -0.39 is 0 Å². The van der Waals surface area contributed by atoms with Crippen LogP contribution in [-0.2, 0) is 0 Å². The van der Waals surface area contributed by atoms with Gasteiger partial charge in [0.1, 0.15) is 5.82 Å². The third-order valence-corrected chi connectivity index (χ3v) is 5.59. The lowest BCUT2D eigenvalue weighted by atomic mass is 9.98. The van der Waals surface area contributed by atoms with Gasteiger partial charge >= 0.3 is 0 Å². The first-order chi connectivity index (χ1) is 14.1. The number of carbonyl (C=O) groups is 1. The van der Waals surface area contributed by atoms with Crippen LogP contribution >= 0.6 is 0 Å². The quantitative estimate of drug-likeness (QED) is 0.661. The Hall–Kier alpha value is -3.02. The second kappa shape index (κ2) is 8.15. The van der Waals surface area contributed by atoms with E-state index in [0.29, 0.717) is 28.0 Å². The number of amides is 1. The second-order valence-electron chi connectivity index (χ2n) is 7.53. The molecule has 2 aromatic heterocycles. The first kappa shape index (κ1) is 19.3. The average Bonchev–Trinajstić information content (AvgIpc) is 2.74. The molecule has 1 fully saturated rings. The normalized spacial score (nSPS) is 16.8. The summed E-state index contributed by atoms with van der Waals surface area (Å²) >= 11 is 0. The van der Waals surface area contributed by atoms with Crippen molar-refractivity contribution in [1.29, 1.82) is 0 Å². The minimum absolute atomic E-state index is 0.0645. The number of anilines is 2. The Balaban J connectivity index is 1.83. The van der Waals surface area contributed by atoms with Crippen LogP contribution in [0.15, 0.2) is 42.6 Å². The number of likely N-dealkylation sites (tertiary alicyclic amines) is 1. The summed E-state index contributed by atoms with van der Waals surface area (Å²) in [6, 6.07) is 10.4. The molecule has 1 unspecified atom stereocenters. The fourth-order valence-electron chi connectivity index (χ4n) is 4.01. The summed E-state index contributed by atoms with van der Waals surface area (Å²) in [6.45, 7) is 4.74. The summed E-state index contributed by atoms with van der Waals surface area (Å²) in [6.07, 6.45) is 5.65. The van der Waals surface area contributed by atoms with Crippen molar-refractivity contribution in [3.8, 4) is 0 Å². The topological polar surface area (TPSA) is 58.1 Å². The van der Waals surface area contributed by atoms with Gasteiger partial charge in [-0.25, -0.2) is 14.4 Å². The lowest BCUT2D eigenvalue weighted by Crippen LogP contribution is -2.43. The number of rotatable bonds is 4. The minimum Gasteiger partial charge on any atom is -0.352 e. The molecule has 6 heteroatoms. The average molecular weight is 392 g/mol. The van der Waals surface area contributed by atoms with Crippen molar-refractivity contribution < 1.29 is 9.18 Å². The molecule has 1 atom stereocenters. The number of aryl methyl sites for hydroxylation is 1. The van der Waals surface area contributed by atoms with Crippen molar-refractivity contribution in [3.63, 3.8) is 0 Å². The zero-order chi connectivity index (χ0) is 20.4. The van der Waals surface area contributed by atoms with Gasteiger partial charge in [-0.1, -0.05) is 19.1 Å². The highest BCUT2D eigenvalue weighted by molar-refractivity contribution is 6.07. The Morgan fingerprint density at radius 1 is 1.24 bits per heavy atom. The molecule has 0 saturated carbocycles. The van der Waals surface area contributed by atoms with E-state index in [0.717, 1.165) is 37.9 Å². The van der Waals surface area contributed by atoms with E-state index in [4.69, 9.17) is 0 Å². The number of piperidine rings is 1. The van der Waals surface area contributed by atoms with Gasteiger partial charge in [-0.15, -0.1) is 0 Å². The molecule has 1 amide bonds. The Morgan fingerprint density at radius 3 is 2.86 bits per heavy atom. The molecule has 1 aliphatic heterocycles. The second-order valence-corrected chi connectivity index (χ2v) is 7.53. The molecule has 3 aromatic rings. The van der Waals surface area contributed by atoms with E-state index in [-0.39, 0.29) is 17.8 Å². The summed E-state index contributed by atoms with van der Waals surface area (Å²) in [7, 11) is 0. The maximum Gasteiger partial charge on any atom is 0.257 e. The lowest BCUT2D eigenvalue weighted by molar-refractivity contribution is 0.0609. The highest BCUT2D eigenvalue weighted by Crippen LogP contribution is 2.32. The molecule has 3 heterocycles. The van der Waals surface area contributed by atoms with Crippen molar-refractivity contribution in [2.75, 3.05) is 11.9 Å². The van der Waals surface area contributed by atoms with Crippen LogP contribution in [0.4, 0.5) is 15.8 Å². The molecule has 1 aliphatic rings. The summed E-state index contributed by atoms with van der Waals surface area (Å²) in [5, 5.41) is 3.86. The third-order valence-electron chi connectivity index (χ3n) is 5.59. The standard InChI is InChI=1S/C23H25FN4O/c1-3-16-8-6-7-13-28(16)23(29)18-14-25-22-17(12-11-15(2)26-22)21(18)27-20-10-5-4-9-19(20)24/h4-5,9-12,14,16H,3,6-8,13H2,1-2H3,(H,25,26,27). The Labute approximate surface area is 170 Å². The van der Waals surface area contributed by atoms with Gasteiger partial charge in [0.05, 0.1) is 16.9 Å². The predicted octanol–water partition coefficient (Wildman–Crippen LogP) is 5.23. The summed E-state index contributed by atoms with van der Waals surface area (Å²) < 4.78 is 14.4. The van der Waals surface area contributed by atoms with E-state index in [1.165, 1.54) is 6.07 Å². The molecule has 5 nitrogen and oxygen atoms in total. The molecule has 1 N–H and O–H groups in total. The number of para-hydroxylation sites is 1. The van der Waals surface area contributed by atoms with Gasteiger partial charge in [0.15, 0.2) is 5.65 Å². The molecule has 0 radical (unpaired) electrons. The molecule has 0 bridgehead atoms. The number of carbonyl (C=O) groups excluding carboxylic acids is 1. The van der Waals surface area contributed by atoms with Crippen molar-refractivity contribution >= 4 is 28.3 Å². The van der Waals surface area contributed by atoms with Gasteiger partial charge in [0, 0.05) is 29.9 Å². The molecule has 29 heavy (non-hydrogen) atoms. The van der Waals surface area contributed by atoms with Crippen LogP contribution in [0.5, 0.6) is 0 Å². The smallest absolute Gasteiger partial charge is 0.257 e. The van der Waals surface area contributed by atoms with Crippen LogP contribution in [0.3, 0.4) is 0 Å². The highest BCUT2D eigenvalue weighted by Gasteiger charge is 2.29. The first-order valence-corrected chi connectivity index (χ1v) is 10.2. The number of pyridine rings is 2. The molecular formula is C23H25FN4O. The van der Waals surface area contributed by atoms with Gasteiger partial charge < -0.3 is 10.2 Å². The fraction of sp³-hybridized carbons (Fsp3) is 0.348. The number of nitrogens with one attached hydrogen (secondary N) is 1. The maximum absolute atomic E-state index is 14.4. The first-order valence-electron chi connectivity index (χ1n) is 10.2. The van der Waals surface area contributed by atoms with Crippen molar-refractivity contribution in [2.45, 2.75) is 45.6 Å². The summed E-state index contributed by atoms with van der Waals surface area (Å²) in [5.41, 5.74) is 2.69. The van der Waals surface area contributed by atoms with Gasteiger partial charge in [-0.05, 0) is 56.9 Å². The van der Waals surface area contributed by atoms with E-state index >= 15 is 0 Å². The van der Waals surface area contributed by atoms with Crippen LogP contribution < -0.4 is 5.32 Å². The monoisotopic (exact) mass is 392 g/mol. The predicted molar refractivity (Wildman–Crippen MR) is 113 cm³/mol. The molecule has 4 rings (SSSR count). The third kappa shape index (κ3) is 3.79. The van der Waals surface area contributed by atoms with Gasteiger partial charge in [-0.3, -0.25) is 4.79 Å². The SMILES string of the molecule is CCC1CCCCN1C(=O)c1cnc2nc(C)ccc2c1Nc1ccccc1F. The minimum atomic E-state index is -0.375. The number of hydrogen-bond acceptors (Lipinski definition) is 4. The number of fused-ring (bicyclic) bond motifs is 1. The number of halogens is 1. The summed E-state index contributed by atoms with van der Waals surface area (Å²) in [4.78, 5) is 24.4. The highest BCUT2D eigenvalue weighted by atomic mass is 19.1. The molecule has 0 spiro atoms. The van der Waals surface area contributed by atoms with Crippen molar-refractivity contribution in [2.24, 2.45) is 0 Å². The van der Waals surface area contributed by atoms with Crippen molar-refractivity contribution in [3.05, 3.63) is 59.7 Å². The van der Waals surface area contributed by atoms with E-state index in [1.54, 1.807) is 24.4 Å². The van der Waals surface area contributed by atoms with Crippen LogP contribution in [0.1, 0.15) is 48.7 Å². The Bertz CT molecular complexity index is 1050. The molecule has 150 valence electrons. The number of hydrogen-bond donors (Lipinski definition) is 1. The molecule has 1 saturated heterocycles. The van der Waals surface area contributed by atoms with Gasteiger partial charge in [0.2, 0.25) is 0 Å². The van der Waals surface area contributed by atoms with E-state index in [2.05, 4.69) is 22.2 Å². The van der Waals surface area contributed by atoms with Gasteiger partial charge in [-0.2, -0.15) is 0 Å². The zero-order valence-electron chi connectivity index (χ0n) is 16.8. The van der Waals surface area contributed by atoms with Crippen LogP contribution in [0.2, 0.25) is 0 Å². The van der Waals surface area contributed by atoms with Crippen LogP contribution in [0.25, 0.3) is 11.0 Å². The molecular weight excluding hydrogens is 367 g/mol. The van der Waals surface area contributed by atoms with Crippen LogP contribution in [0, 0.1) is 12.7 Å². The van der Waals surface area contributed by atoms with Crippen molar-refractivity contribution in [1.82, 2.24) is 14.9 Å². The lowest BCUT2D eigenvalue weighted by Gasteiger charge is -2.35. The largest absolute Gasteiger partial charge is 0.352 e. The Kier molecular flexibility index (Phi) is 5.43. The number of aromatic nitrogens is 2. The van der Waals surface area contributed by atoms with Crippen LogP contribution in [-0.4, -0.2) is 33.4 Å². The molecule has 1 aromatic carbocycles. The fourth-order valence-corrected chi connectivity index (χ4v) is 4.01. The number of nitrogens with zero attached hydrogens (tertiary/aromatic N) is 3. The van der Waals surface area contributed by atoms with E-state index in [1.807, 2.05) is 24.0 Å². The molecule has 0 aliphatic carbocycles. The summed E-state index contributed by atoms with van der Waals surface area (Å²) in [5.74, 6) is -0.439.